The molecule has 1 amide bonds. The van der Waals surface area contributed by atoms with Gasteiger partial charge in [-0.25, -0.2) is 4.98 Å². The Morgan fingerprint density at radius 3 is 2.37 bits per heavy atom. The van der Waals surface area contributed by atoms with Crippen molar-refractivity contribution in [1.82, 2.24) is 14.9 Å². The van der Waals surface area contributed by atoms with Gasteiger partial charge in [0, 0.05) is 13.0 Å². The van der Waals surface area contributed by atoms with Crippen molar-refractivity contribution in [1.29, 1.82) is 0 Å². The Morgan fingerprint density at radius 2 is 1.66 bits per heavy atom. The highest BCUT2D eigenvalue weighted by atomic mass is 16.5. The number of hydrogen-bond donors (Lipinski definition) is 1. The van der Waals surface area contributed by atoms with E-state index < -0.39 is 6.04 Å². The first kappa shape index (κ1) is 24.3. The highest BCUT2D eigenvalue weighted by Crippen LogP contribution is 2.28. The number of carbonyl (C=O) groups is 1. The van der Waals surface area contributed by atoms with Gasteiger partial charge in [0.05, 0.1) is 25.3 Å². The molecule has 0 saturated carbocycles. The molecule has 6 heteroatoms. The molecule has 0 spiro atoms. The molecule has 0 saturated heterocycles. The normalized spacial score (nSPS) is 11.9. The van der Waals surface area contributed by atoms with Crippen LogP contribution in [-0.2, 0) is 17.6 Å². The highest BCUT2D eigenvalue weighted by Gasteiger charge is 2.22. The number of hydrogen-bond acceptors (Lipinski definition) is 4. The number of ether oxygens (including phenoxy) is 2. The van der Waals surface area contributed by atoms with Gasteiger partial charge in [-0.15, -0.1) is 0 Å². The van der Waals surface area contributed by atoms with E-state index >= 15 is 0 Å². The molecule has 3 aromatic carbocycles. The maximum absolute atomic E-state index is 13.3. The van der Waals surface area contributed by atoms with E-state index in [1.54, 1.807) is 14.2 Å². The minimum Gasteiger partial charge on any atom is -0.493 e. The van der Waals surface area contributed by atoms with E-state index in [0.29, 0.717) is 30.9 Å². The average molecular weight is 472 g/mol. The topological polar surface area (TPSA) is 65.4 Å². The third-order valence-electron chi connectivity index (χ3n) is 6.51. The Balaban J connectivity index is 1.55. The lowest BCUT2D eigenvalue weighted by molar-refractivity contribution is -0.123. The van der Waals surface area contributed by atoms with Crippen LogP contribution >= 0.6 is 0 Å². The number of methoxy groups -OCH3 is 2. The van der Waals surface area contributed by atoms with E-state index in [4.69, 9.17) is 14.5 Å². The monoisotopic (exact) mass is 471 g/mol. The van der Waals surface area contributed by atoms with Crippen molar-refractivity contribution >= 4 is 16.9 Å². The van der Waals surface area contributed by atoms with E-state index in [1.807, 2.05) is 43.3 Å². The predicted octanol–water partition coefficient (Wildman–Crippen LogP) is 5.18. The van der Waals surface area contributed by atoms with E-state index in [-0.39, 0.29) is 5.91 Å². The number of nitrogens with one attached hydrogen (secondary N) is 1. The van der Waals surface area contributed by atoms with Crippen LogP contribution in [0.15, 0.2) is 60.7 Å². The first-order chi connectivity index (χ1) is 16.9. The number of aryl methyl sites for hydroxylation is 2. The summed E-state index contributed by atoms with van der Waals surface area (Å²) < 4.78 is 12.8. The number of imidazole rings is 1. The molecule has 0 aliphatic heterocycles. The van der Waals surface area contributed by atoms with Gasteiger partial charge >= 0.3 is 0 Å². The zero-order valence-electron chi connectivity index (χ0n) is 21.1. The number of fused-ring (bicyclic) bond motifs is 1. The Morgan fingerprint density at radius 1 is 0.943 bits per heavy atom. The summed E-state index contributed by atoms with van der Waals surface area (Å²) in [5, 5.41) is 3.11. The molecular formula is C29H33N3O3. The van der Waals surface area contributed by atoms with Gasteiger partial charge in [-0.05, 0) is 73.7 Å². The third-order valence-corrected chi connectivity index (χ3v) is 6.51. The maximum atomic E-state index is 13.3. The van der Waals surface area contributed by atoms with Crippen molar-refractivity contribution in [2.75, 3.05) is 20.8 Å². The van der Waals surface area contributed by atoms with E-state index in [0.717, 1.165) is 22.4 Å². The molecule has 0 aliphatic carbocycles. The number of nitrogens with zero attached hydrogens (tertiary/aromatic N) is 2. The Bertz CT molecular complexity index is 1330. The standard InChI is InChI=1S/C29H33N3O3/c1-19-15-24-25(16-20(19)2)32(28(31-24)18-22-9-7-6-8-10-22)21(3)29(33)30-14-13-23-11-12-26(34-4)27(17-23)35-5/h6-12,15-17,21H,13-14,18H2,1-5H3,(H,30,33)/t21-/m1/s1. The van der Waals surface area contributed by atoms with Crippen molar-refractivity contribution in [3.63, 3.8) is 0 Å². The molecule has 182 valence electrons. The molecule has 1 atom stereocenters. The molecule has 0 radical (unpaired) electrons. The van der Waals surface area contributed by atoms with E-state index in [2.05, 4.69) is 48.0 Å². The van der Waals surface area contributed by atoms with Crippen molar-refractivity contribution in [2.24, 2.45) is 0 Å². The first-order valence-electron chi connectivity index (χ1n) is 11.9. The fourth-order valence-corrected chi connectivity index (χ4v) is 4.37. The Hall–Kier alpha value is -3.80. The lowest BCUT2D eigenvalue weighted by atomic mass is 10.1. The van der Waals surface area contributed by atoms with Gasteiger partial charge in [0.2, 0.25) is 5.91 Å². The molecule has 1 heterocycles. The smallest absolute Gasteiger partial charge is 0.242 e. The molecule has 0 fully saturated rings. The summed E-state index contributed by atoms with van der Waals surface area (Å²) in [4.78, 5) is 18.2. The van der Waals surface area contributed by atoms with Crippen molar-refractivity contribution in [3.8, 4) is 11.5 Å². The zero-order chi connectivity index (χ0) is 24.9. The van der Waals surface area contributed by atoms with Crippen LogP contribution in [0.3, 0.4) is 0 Å². The van der Waals surface area contributed by atoms with Crippen LogP contribution in [0.2, 0.25) is 0 Å². The minimum absolute atomic E-state index is 0.0303. The molecule has 4 aromatic rings. The molecule has 1 N–H and O–H groups in total. The lowest BCUT2D eigenvalue weighted by Crippen LogP contribution is -2.33. The van der Waals surface area contributed by atoms with Gasteiger partial charge in [0.15, 0.2) is 11.5 Å². The molecule has 0 bridgehead atoms. The molecule has 35 heavy (non-hydrogen) atoms. The highest BCUT2D eigenvalue weighted by molar-refractivity contribution is 5.85. The Labute approximate surface area is 206 Å². The van der Waals surface area contributed by atoms with Crippen LogP contribution in [-0.4, -0.2) is 36.2 Å². The molecule has 6 nitrogen and oxygen atoms in total. The van der Waals surface area contributed by atoms with Crippen molar-refractivity contribution < 1.29 is 14.3 Å². The summed E-state index contributed by atoms with van der Waals surface area (Å²) >= 11 is 0. The lowest BCUT2D eigenvalue weighted by Gasteiger charge is -2.18. The van der Waals surface area contributed by atoms with Crippen LogP contribution in [0, 0.1) is 13.8 Å². The van der Waals surface area contributed by atoms with Crippen LogP contribution in [0.1, 0.15) is 41.0 Å². The molecule has 1 aromatic heterocycles. The van der Waals surface area contributed by atoms with Crippen molar-refractivity contribution in [3.05, 3.63) is 88.7 Å². The molecule has 0 unspecified atom stereocenters. The van der Waals surface area contributed by atoms with Gasteiger partial charge < -0.3 is 19.4 Å². The van der Waals surface area contributed by atoms with Crippen LogP contribution in [0.5, 0.6) is 11.5 Å². The summed E-state index contributed by atoms with van der Waals surface area (Å²) in [5.41, 5.74) is 6.52. The molecular weight excluding hydrogens is 438 g/mol. The van der Waals surface area contributed by atoms with Gasteiger partial charge in [0.1, 0.15) is 11.9 Å². The summed E-state index contributed by atoms with van der Waals surface area (Å²) in [6, 6.07) is 19.9. The van der Waals surface area contributed by atoms with Crippen molar-refractivity contribution in [2.45, 2.75) is 39.7 Å². The van der Waals surface area contributed by atoms with Gasteiger partial charge in [0.25, 0.3) is 0 Å². The summed E-state index contributed by atoms with van der Waals surface area (Å²) in [5.74, 6) is 2.24. The van der Waals surface area contributed by atoms with Gasteiger partial charge in [-0.3, -0.25) is 4.79 Å². The molecule has 4 rings (SSSR count). The summed E-state index contributed by atoms with van der Waals surface area (Å²) in [7, 11) is 3.24. The number of amides is 1. The number of benzene rings is 3. The average Bonchev–Trinajstić information content (AvgIpc) is 3.20. The second kappa shape index (κ2) is 10.6. The number of rotatable bonds is 9. The van der Waals surface area contributed by atoms with Crippen LogP contribution in [0.4, 0.5) is 0 Å². The summed E-state index contributed by atoms with van der Waals surface area (Å²) in [6.45, 7) is 6.65. The van der Waals surface area contributed by atoms with Crippen LogP contribution < -0.4 is 14.8 Å². The van der Waals surface area contributed by atoms with Gasteiger partial charge in [-0.1, -0.05) is 36.4 Å². The second-order valence-corrected chi connectivity index (χ2v) is 8.89. The largest absolute Gasteiger partial charge is 0.493 e. The Kier molecular flexibility index (Phi) is 7.39. The zero-order valence-corrected chi connectivity index (χ0v) is 21.1. The maximum Gasteiger partial charge on any atom is 0.242 e. The number of aromatic nitrogens is 2. The minimum atomic E-state index is -0.397. The summed E-state index contributed by atoms with van der Waals surface area (Å²) in [6.07, 6.45) is 1.36. The van der Waals surface area contributed by atoms with E-state index in [1.165, 1.54) is 16.7 Å². The quantitative estimate of drug-likeness (QED) is 0.365. The SMILES string of the molecule is COc1ccc(CCNC(=O)[C@@H](C)n2c(Cc3ccccc3)nc3cc(C)c(C)cc32)cc1OC. The molecule has 0 aliphatic rings. The third kappa shape index (κ3) is 5.32. The predicted molar refractivity (Wildman–Crippen MR) is 139 cm³/mol. The van der Waals surface area contributed by atoms with Gasteiger partial charge in [-0.2, -0.15) is 0 Å². The first-order valence-corrected chi connectivity index (χ1v) is 11.9. The number of carbonyl (C=O) groups excluding carboxylic acids is 1. The fraction of sp³-hybridized carbons (Fsp3) is 0.310. The van der Waals surface area contributed by atoms with E-state index in [9.17, 15) is 4.79 Å². The second-order valence-electron chi connectivity index (χ2n) is 8.89. The fourth-order valence-electron chi connectivity index (χ4n) is 4.37. The van der Waals surface area contributed by atoms with Crippen LogP contribution in [0.25, 0.3) is 11.0 Å².